The molecule has 1 aliphatic rings. The molecular formula is C21H16N2O3S2. The summed E-state index contributed by atoms with van der Waals surface area (Å²) in [6.07, 6.45) is 1.87. The lowest BCUT2D eigenvalue weighted by atomic mass is 10.1. The second-order valence-electron chi connectivity index (χ2n) is 6.45. The van der Waals surface area contributed by atoms with E-state index in [-0.39, 0.29) is 11.5 Å². The van der Waals surface area contributed by atoms with Gasteiger partial charge in [-0.25, -0.2) is 4.79 Å². The van der Waals surface area contributed by atoms with E-state index in [1.165, 1.54) is 28.8 Å². The first-order chi connectivity index (χ1) is 13.4. The number of aryl methyl sites for hydroxylation is 1. The number of carbonyl (C=O) groups is 2. The molecule has 1 saturated heterocycles. The van der Waals surface area contributed by atoms with Crippen LogP contribution in [0.25, 0.3) is 17.0 Å². The van der Waals surface area contributed by atoms with Crippen LogP contribution in [0.5, 0.6) is 0 Å². The molecule has 0 saturated carbocycles. The smallest absolute Gasteiger partial charge is 0.335 e. The highest BCUT2D eigenvalue weighted by molar-refractivity contribution is 8.27. The lowest BCUT2D eigenvalue weighted by molar-refractivity contribution is -0.113. The highest BCUT2D eigenvalue weighted by atomic mass is 32.2. The Morgan fingerprint density at radius 1 is 1.18 bits per heavy atom. The summed E-state index contributed by atoms with van der Waals surface area (Å²) in [5, 5.41) is 10.3. The molecule has 0 atom stereocenters. The summed E-state index contributed by atoms with van der Waals surface area (Å²) in [5.74, 6) is -1.29. The first-order valence-electron chi connectivity index (χ1n) is 8.54. The van der Waals surface area contributed by atoms with E-state index in [9.17, 15) is 14.7 Å². The molecule has 0 aliphatic carbocycles. The Bertz CT molecular complexity index is 1190. The lowest BCUT2D eigenvalue weighted by Crippen LogP contribution is -2.27. The fraction of sp³-hybridized carbons (Fsp3) is 0.0952. The van der Waals surface area contributed by atoms with Crippen LogP contribution in [0.4, 0.5) is 5.69 Å². The van der Waals surface area contributed by atoms with Crippen molar-refractivity contribution in [3.05, 3.63) is 70.3 Å². The Morgan fingerprint density at radius 3 is 2.68 bits per heavy atom. The number of anilines is 1. The molecule has 1 aromatic heterocycles. The number of carboxylic acid groups (broad SMARTS) is 1. The summed E-state index contributed by atoms with van der Waals surface area (Å²) in [7, 11) is 2.00. The summed E-state index contributed by atoms with van der Waals surface area (Å²) in [4.78, 5) is 26.2. The molecule has 0 radical (unpaired) electrons. The number of thioether (sulfide) groups is 1. The predicted molar refractivity (Wildman–Crippen MR) is 117 cm³/mol. The molecule has 7 heteroatoms. The van der Waals surface area contributed by atoms with E-state index >= 15 is 0 Å². The fourth-order valence-electron chi connectivity index (χ4n) is 3.33. The topological polar surface area (TPSA) is 62.5 Å². The number of benzene rings is 2. The van der Waals surface area contributed by atoms with Gasteiger partial charge in [0.25, 0.3) is 5.91 Å². The van der Waals surface area contributed by atoms with Gasteiger partial charge in [-0.3, -0.25) is 9.69 Å². The molecule has 2 aromatic carbocycles. The highest BCUT2D eigenvalue weighted by Gasteiger charge is 2.34. The monoisotopic (exact) mass is 408 g/mol. The van der Waals surface area contributed by atoms with Gasteiger partial charge in [0.15, 0.2) is 4.32 Å². The third kappa shape index (κ3) is 2.93. The number of hydrogen-bond donors (Lipinski definition) is 1. The molecule has 1 fully saturated rings. The third-order valence-electron chi connectivity index (χ3n) is 4.87. The first-order valence-corrected chi connectivity index (χ1v) is 9.76. The number of hydrogen-bond acceptors (Lipinski definition) is 4. The molecule has 0 unspecified atom stereocenters. The van der Waals surface area contributed by atoms with Crippen LogP contribution in [0, 0.1) is 6.92 Å². The van der Waals surface area contributed by atoms with Crippen molar-refractivity contribution in [2.75, 3.05) is 4.90 Å². The molecule has 1 N–H and O–H groups in total. The maximum atomic E-state index is 13.1. The van der Waals surface area contributed by atoms with Crippen LogP contribution < -0.4 is 4.90 Å². The van der Waals surface area contributed by atoms with Gasteiger partial charge < -0.3 is 9.67 Å². The van der Waals surface area contributed by atoms with Gasteiger partial charge in [0.2, 0.25) is 0 Å². The first kappa shape index (κ1) is 18.5. The number of carbonyl (C=O) groups excluding carboxylic acids is 1. The average Bonchev–Trinajstić information content (AvgIpc) is 3.10. The molecule has 1 amide bonds. The van der Waals surface area contributed by atoms with Crippen molar-refractivity contribution >= 4 is 62.8 Å². The zero-order valence-corrected chi connectivity index (χ0v) is 16.8. The maximum Gasteiger partial charge on any atom is 0.335 e. The van der Waals surface area contributed by atoms with Crippen LogP contribution in [0.15, 0.2) is 53.4 Å². The molecule has 3 aromatic rings. The molecular weight excluding hydrogens is 392 g/mol. The van der Waals surface area contributed by atoms with Crippen molar-refractivity contribution in [2.24, 2.45) is 7.05 Å². The molecule has 1 aliphatic heterocycles. The quantitative estimate of drug-likeness (QED) is 0.507. The molecule has 0 bridgehead atoms. The molecule has 4 rings (SSSR count). The number of para-hydroxylation sites is 1. The second-order valence-corrected chi connectivity index (χ2v) is 8.12. The summed E-state index contributed by atoms with van der Waals surface area (Å²) in [6, 6.07) is 14.3. The van der Waals surface area contributed by atoms with Gasteiger partial charge in [0.1, 0.15) is 0 Å². The van der Waals surface area contributed by atoms with Crippen LogP contribution in [-0.4, -0.2) is 25.9 Å². The van der Waals surface area contributed by atoms with Crippen molar-refractivity contribution < 1.29 is 14.7 Å². The van der Waals surface area contributed by atoms with E-state index in [1.54, 1.807) is 12.1 Å². The highest BCUT2D eigenvalue weighted by Crippen LogP contribution is 2.38. The number of rotatable bonds is 3. The number of amides is 1. The Hall–Kier alpha value is -2.90. The van der Waals surface area contributed by atoms with Crippen molar-refractivity contribution in [1.29, 1.82) is 0 Å². The molecule has 0 spiro atoms. The summed E-state index contributed by atoms with van der Waals surface area (Å²) in [6.45, 7) is 2.02. The molecule has 28 heavy (non-hydrogen) atoms. The molecule has 5 nitrogen and oxygen atoms in total. The van der Waals surface area contributed by atoms with Gasteiger partial charge in [0.05, 0.1) is 16.2 Å². The third-order valence-corrected chi connectivity index (χ3v) is 6.17. The Kier molecular flexibility index (Phi) is 4.56. The van der Waals surface area contributed by atoms with Gasteiger partial charge in [0, 0.05) is 29.2 Å². The normalized spacial score (nSPS) is 15.8. The molecule has 2 heterocycles. The van der Waals surface area contributed by atoms with E-state index in [4.69, 9.17) is 12.2 Å². The van der Waals surface area contributed by atoms with E-state index in [2.05, 4.69) is 4.57 Å². The number of nitrogens with zero attached hydrogens (tertiary/aromatic N) is 2. The number of thiocarbonyl (C=S) groups is 1. The van der Waals surface area contributed by atoms with Gasteiger partial charge in [-0.1, -0.05) is 48.2 Å². The minimum Gasteiger partial charge on any atom is -0.478 e. The largest absolute Gasteiger partial charge is 0.478 e. The van der Waals surface area contributed by atoms with Gasteiger partial charge >= 0.3 is 5.97 Å². The minimum absolute atomic E-state index is 0.112. The van der Waals surface area contributed by atoms with Crippen LogP contribution in [0.2, 0.25) is 0 Å². The van der Waals surface area contributed by atoms with E-state index < -0.39 is 5.97 Å². The van der Waals surface area contributed by atoms with Crippen molar-refractivity contribution in [3.8, 4) is 0 Å². The Morgan fingerprint density at radius 2 is 1.93 bits per heavy atom. The maximum absolute atomic E-state index is 13.1. The van der Waals surface area contributed by atoms with Crippen molar-refractivity contribution in [1.82, 2.24) is 4.57 Å². The van der Waals surface area contributed by atoms with Gasteiger partial charge in [-0.05, 0) is 37.3 Å². The summed E-state index contributed by atoms with van der Waals surface area (Å²) < 4.78 is 2.48. The minimum atomic E-state index is -1.05. The standard InChI is InChI=1S/C21H16N2O3S2/c1-12-16(15-8-3-4-9-17(15)22(12)2)11-18-19(24)23(21(27)28-18)14-7-5-6-13(10-14)20(25)26/h3-11H,1-2H3,(H,25,26)/b18-11+. The predicted octanol–water partition coefficient (Wildman–Crippen LogP) is 4.59. The Balaban J connectivity index is 1.77. The van der Waals surface area contributed by atoms with E-state index in [0.29, 0.717) is 14.9 Å². The van der Waals surface area contributed by atoms with Gasteiger partial charge in [-0.15, -0.1) is 0 Å². The number of fused-ring (bicyclic) bond motifs is 1. The summed E-state index contributed by atoms with van der Waals surface area (Å²) >= 11 is 6.63. The van der Waals surface area contributed by atoms with Gasteiger partial charge in [-0.2, -0.15) is 0 Å². The SMILES string of the molecule is Cc1c(/C=C2/SC(=S)N(c3cccc(C(=O)O)c3)C2=O)c2ccccc2n1C. The zero-order valence-electron chi connectivity index (χ0n) is 15.2. The van der Waals surface area contributed by atoms with E-state index in [0.717, 1.165) is 22.2 Å². The van der Waals surface area contributed by atoms with Crippen LogP contribution in [0.3, 0.4) is 0 Å². The summed E-state index contributed by atoms with van der Waals surface area (Å²) in [5.41, 5.74) is 3.70. The fourth-order valence-corrected chi connectivity index (χ4v) is 4.61. The Labute approximate surface area is 171 Å². The van der Waals surface area contributed by atoms with E-state index in [1.807, 2.05) is 44.3 Å². The van der Waals surface area contributed by atoms with Crippen LogP contribution >= 0.6 is 24.0 Å². The lowest BCUT2D eigenvalue weighted by Gasteiger charge is -2.14. The second kappa shape index (κ2) is 6.92. The van der Waals surface area contributed by atoms with Crippen LogP contribution in [0.1, 0.15) is 21.6 Å². The molecule has 140 valence electrons. The number of carboxylic acids is 1. The van der Waals surface area contributed by atoms with Crippen LogP contribution in [-0.2, 0) is 11.8 Å². The number of aromatic carboxylic acids is 1. The average molecular weight is 409 g/mol. The zero-order chi connectivity index (χ0) is 20.0. The van der Waals surface area contributed by atoms with Crippen molar-refractivity contribution in [3.63, 3.8) is 0 Å². The van der Waals surface area contributed by atoms with Crippen molar-refractivity contribution in [2.45, 2.75) is 6.92 Å². The number of aromatic nitrogens is 1.